The van der Waals surface area contributed by atoms with Gasteiger partial charge < -0.3 is 16.0 Å². The van der Waals surface area contributed by atoms with Gasteiger partial charge in [0.05, 0.1) is 0 Å². The molecule has 4 N–H and O–H groups in total. The number of nitrogens with one attached hydrogen (secondary N) is 2. The normalized spacial score (nSPS) is 19.6. The van der Waals surface area contributed by atoms with E-state index in [0.29, 0.717) is 0 Å². The summed E-state index contributed by atoms with van der Waals surface area (Å²) in [6, 6.07) is 0. The Morgan fingerprint density at radius 2 is 2.06 bits per heavy atom. The number of hydrogen-bond acceptors (Lipinski definition) is 4. The molecule has 102 valence electrons. The van der Waals surface area contributed by atoms with Crippen LogP contribution in [0.25, 0.3) is 0 Å². The minimum atomic E-state index is 0.0230. The molecular weight excluding hydrogens is 246 g/mol. The molecule has 4 nitrogen and oxygen atoms in total. The maximum absolute atomic E-state index is 11.0. The lowest BCUT2D eigenvalue weighted by Crippen LogP contribution is -2.40. The minimum absolute atomic E-state index is 0.0230. The van der Waals surface area contributed by atoms with Crippen LogP contribution in [0.4, 0.5) is 0 Å². The zero-order valence-corrected chi connectivity index (χ0v) is 11.7. The molecule has 0 aliphatic heterocycles. The van der Waals surface area contributed by atoms with Crippen molar-refractivity contribution in [3.63, 3.8) is 0 Å². The van der Waals surface area contributed by atoms with E-state index in [4.69, 9.17) is 5.73 Å². The van der Waals surface area contributed by atoms with Crippen LogP contribution in [0.5, 0.6) is 0 Å². The summed E-state index contributed by atoms with van der Waals surface area (Å²) in [5.74, 6) is 0. The van der Waals surface area contributed by atoms with E-state index in [1.54, 1.807) is 0 Å². The Morgan fingerprint density at radius 1 is 1.33 bits per heavy atom. The predicted octanol–water partition coefficient (Wildman–Crippen LogP) is 1.83. The van der Waals surface area contributed by atoms with Gasteiger partial charge in [0.15, 0.2) is 0 Å². The van der Waals surface area contributed by atoms with Gasteiger partial charge in [-0.15, -0.1) is 0 Å². The number of rotatable bonds is 5. The summed E-state index contributed by atoms with van der Waals surface area (Å²) in [6.07, 6.45) is 7.76. The molecule has 0 bridgehead atoms. The largest absolute Gasteiger partial charge is 0.330 e. The highest BCUT2D eigenvalue weighted by molar-refractivity contribution is 7.07. The molecule has 0 atom stereocenters. The van der Waals surface area contributed by atoms with E-state index in [1.807, 2.05) is 5.38 Å². The Bertz CT molecular complexity index is 404. The van der Waals surface area contributed by atoms with Crippen molar-refractivity contribution >= 4 is 11.3 Å². The van der Waals surface area contributed by atoms with E-state index in [1.165, 1.54) is 49.9 Å². The molecule has 0 spiro atoms. The molecule has 5 heteroatoms. The first-order chi connectivity index (χ1) is 8.74. The highest BCUT2D eigenvalue weighted by atomic mass is 32.1. The first kappa shape index (κ1) is 13.8. The Kier molecular flexibility index (Phi) is 4.97. The van der Waals surface area contributed by atoms with Crippen LogP contribution in [0.3, 0.4) is 0 Å². The van der Waals surface area contributed by atoms with Gasteiger partial charge in [0.2, 0.25) is 0 Å². The van der Waals surface area contributed by atoms with Crippen molar-refractivity contribution in [3.8, 4) is 0 Å². The molecule has 2 rings (SSSR count). The fraction of sp³-hybridized carbons (Fsp3) is 0.769. The second-order valence-corrected chi connectivity index (χ2v) is 6.24. The maximum atomic E-state index is 11.0. The van der Waals surface area contributed by atoms with Gasteiger partial charge in [0.25, 0.3) is 0 Å². The van der Waals surface area contributed by atoms with Crippen LogP contribution in [-0.2, 0) is 6.54 Å². The van der Waals surface area contributed by atoms with Gasteiger partial charge in [-0.1, -0.05) is 37.0 Å². The third-order valence-corrected chi connectivity index (χ3v) is 4.70. The third-order valence-electron chi connectivity index (χ3n) is 3.98. The van der Waals surface area contributed by atoms with Crippen molar-refractivity contribution in [1.82, 2.24) is 10.3 Å². The standard InChI is InChI=1S/C13H23N3OS/c14-9-13(5-3-1-2-4-6-13)10-15-7-11-8-18-12(17)16-11/h8,15H,1-7,9-10,14H2,(H,16,17). The van der Waals surface area contributed by atoms with Crippen molar-refractivity contribution < 1.29 is 0 Å². The molecule has 0 saturated heterocycles. The Morgan fingerprint density at radius 3 is 2.61 bits per heavy atom. The van der Waals surface area contributed by atoms with E-state index < -0.39 is 0 Å². The Balaban J connectivity index is 1.84. The molecule has 0 aromatic carbocycles. The molecule has 1 heterocycles. The lowest BCUT2D eigenvalue weighted by Gasteiger charge is -2.31. The molecule has 18 heavy (non-hydrogen) atoms. The van der Waals surface area contributed by atoms with Crippen LogP contribution in [0, 0.1) is 5.41 Å². The predicted molar refractivity (Wildman–Crippen MR) is 75.8 cm³/mol. The zero-order chi connectivity index (χ0) is 12.8. The van der Waals surface area contributed by atoms with Crippen molar-refractivity contribution in [3.05, 3.63) is 20.7 Å². The first-order valence-electron chi connectivity index (χ1n) is 6.82. The topological polar surface area (TPSA) is 70.9 Å². The number of nitrogens with two attached hydrogens (primary N) is 1. The molecule has 1 aromatic rings. The maximum Gasteiger partial charge on any atom is 0.304 e. The molecule has 1 fully saturated rings. The molecule has 0 radical (unpaired) electrons. The summed E-state index contributed by atoms with van der Waals surface area (Å²) >= 11 is 1.22. The number of aromatic nitrogens is 1. The highest BCUT2D eigenvalue weighted by Crippen LogP contribution is 2.33. The quantitative estimate of drug-likeness (QED) is 0.714. The first-order valence-corrected chi connectivity index (χ1v) is 7.70. The fourth-order valence-electron chi connectivity index (χ4n) is 2.79. The second-order valence-electron chi connectivity index (χ2n) is 5.40. The van der Waals surface area contributed by atoms with E-state index in [-0.39, 0.29) is 10.3 Å². The molecule has 1 aromatic heterocycles. The van der Waals surface area contributed by atoms with Gasteiger partial charge in [0, 0.05) is 24.2 Å². The van der Waals surface area contributed by atoms with Gasteiger partial charge in [-0.2, -0.15) is 0 Å². The molecule has 1 aliphatic rings. The molecule has 1 aliphatic carbocycles. The molecule has 0 unspecified atom stereocenters. The SMILES string of the molecule is NCC1(CNCc2csc(=O)[nH]2)CCCCCC1. The van der Waals surface area contributed by atoms with Crippen LogP contribution < -0.4 is 15.9 Å². The smallest absolute Gasteiger partial charge is 0.304 e. The summed E-state index contributed by atoms with van der Waals surface area (Å²) in [7, 11) is 0. The third kappa shape index (κ3) is 3.67. The van der Waals surface area contributed by atoms with Crippen LogP contribution in [-0.4, -0.2) is 18.1 Å². The summed E-state index contributed by atoms with van der Waals surface area (Å²) in [5, 5.41) is 5.35. The summed E-state index contributed by atoms with van der Waals surface area (Å²) in [6.45, 7) is 2.46. The van der Waals surface area contributed by atoms with Crippen LogP contribution in [0.15, 0.2) is 10.2 Å². The Hall–Kier alpha value is -0.650. The van der Waals surface area contributed by atoms with Crippen molar-refractivity contribution in [2.45, 2.75) is 45.1 Å². The fourth-order valence-corrected chi connectivity index (χ4v) is 3.38. The summed E-state index contributed by atoms with van der Waals surface area (Å²) in [5.41, 5.74) is 7.24. The van der Waals surface area contributed by atoms with Crippen molar-refractivity contribution in [1.29, 1.82) is 0 Å². The van der Waals surface area contributed by atoms with Crippen molar-refractivity contribution in [2.75, 3.05) is 13.1 Å². The average molecular weight is 269 g/mol. The van der Waals surface area contributed by atoms with E-state index in [0.717, 1.165) is 25.3 Å². The summed E-state index contributed by atoms with van der Waals surface area (Å²) in [4.78, 5) is 13.9. The molecule has 1 saturated carbocycles. The lowest BCUT2D eigenvalue weighted by atomic mass is 9.80. The monoisotopic (exact) mass is 269 g/mol. The second kappa shape index (κ2) is 6.50. The number of H-pyrrole nitrogens is 1. The number of aromatic amines is 1. The van der Waals surface area contributed by atoms with Gasteiger partial charge in [-0.05, 0) is 24.8 Å². The Labute approximate surface area is 112 Å². The number of thiazole rings is 1. The highest BCUT2D eigenvalue weighted by Gasteiger charge is 2.28. The minimum Gasteiger partial charge on any atom is -0.330 e. The van der Waals surface area contributed by atoms with Gasteiger partial charge >= 0.3 is 4.87 Å². The van der Waals surface area contributed by atoms with E-state index in [9.17, 15) is 4.79 Å². The van der Waals surface area contributed by atoms with E-state index >= 15 is 0 Å². The van der Waals surface area contributed by atoms with Gasteiger partial charge in [-0.25, -0.2) is 0 Å². The zero-order valence-electron chi connectivity index (χ0n) is 10.8. The molecular formula is C13H23N3OS. The van der Waals surface area contributed by atoms with Crippen LogP contribution in [0.2, 0.25) is 0 Å². The van der Waals surface area contributed by atoms with Crippen LogP contribution >= 0.6 is 11.3 Å². The van der Waals surface area contributed by atoms with Gasteiger partial charge in [0.1, 0.15) is 0 Å². The van der Waals surface area contributed by atoms with Gasteiger partial charge in [-0.3, -0.25) is 4.79 Å². The average Bonchev–Trinajstić information content (AvgIpc) is 2.65. The number of hydrogen-bond donors (Lipinski definition) is 3. The van der Waals surface area contributed by atoms with E-state index in [2.05, 4.69) is 10.3 Å². The lowest BCUT2D eigenvalue weighted by molar-refractivity contribution is 0.241. The summed E-state index contributed by atoms with van der Waals surface area (Å²) < 4.78 is 0. The molecule has 0 amide bonds. The van der Waals surface area contributed by atoms with Crippen LogP contribution in [0.1, 0.15) is 44.2 Å². The van der Waals surface area contributed by atoms with Crippen molar-refractivity contribution in [2.24, 2.45) is 11.1 Å².